The van der Waals surface area contributed by atoms with Gasteiger partial charge in [0.1, 0.15) is 5.69 Å². The van der Waals surface area contributed by atoms with Gasteiger partial charge < -0.3 is 0 Å². The fourth-order valence-corrected chi connectivity index (χ4v) is 2.63. The van der Waals surface area contributed by atoms with E-state index in [0.29, 0.717) is 17.8 Å². The van der Waals surface area contributed by atoms with Gasteiger partial charge in [-0.05, 0) is 25.7 Å². The van der Waals surface area contributed by atoms with Crippen molar-refractivity contribution < 1.29 is 0 Å². The maximum atomic E-state index is 5.95. The van der Waals surface area contributed by atoms with Crippen molar-refractivity contribution >= 4 is 11.6 Å². The van der Waals surface area contributed by atoms with Crippen LogP contribution in [0.1, 0.15) is 69.3 Å². The van der Waals surface area contributed by atoms with E-state index in [2.05, 4.69) is 28.8 Å². The molecule has 1 aromatic rings. The molecule has 0 aliphatic heterocycles. The summed E-state index contributed by atoms with van der Waals surface area (Å²) in [5.41, 5.74) is 2.31. The first-order chi connectivity index (χ1) is 7.81. The minimum Gasteiger partial charge on any atom is -0.246 e. The third kappa shape index (κ3) is 1.97. The number of rotatable bonds is 5. The van der Waals surface area contributed by atoms with Crippen LogP contribution in [0.25, 0.3) is 0 Å². The fraction of sp³-hybridized carbons (Fsp3) is 0.833. The average Bonchev–Trinajstić information content (AvgIpc) is 2.62. The van der Waals surface area contributed by atoms with Gasteiger partial charge in [0.25, 0.3) is 0 Å². The second-order valence-corrected chi connectivity index (χ2v) is 4.86. The number of nitrogens with zero attached hydrogens (tertiary/aromatic N) is 3. The van der Waals surface area contributed by atoms with Crippen molar-refractivity contribution in [1.82, 2.24) is 15.0 Å². The number of alkyl halides is 1. The van der Waals surface area contributed by atoms with E-state index in [0.717, 1.165) is 18.5 Å². The van der Waals surface area contributed by atoms with Crippen LogP contribution in [0.3, 0.4) is 0 Å². The van der Waals surface area contributed by atoms with Gasteiger partial charge in [0.05, 0.1) is 17.6 Å². The van der Waals surface area contributed by atoms with Crippen LogP contribution in [0.15, 0.2) is 0 Å². The van der Waals surface area contributed by atoms with E-state index in [4.69, 9.17) is 11.6 Å². The highest BCUT2D eigenvalue weighted by atomic mass is 35.5. The summed E-state index contributed by atoms with van der Waals surface area (Å²) in [6.45, 7) is 4.42. The van der Waals surface area contributed by atoms with E-state index in [9.17, 15) is 0 Å². The van der Waals surface area contributed by atoms with Gasteiger partial charge in [0, 0.05) is 5.92 Å². The molecule has 1 saturated carbocycles. The van der Waals surface area contributed by atoms with Gasteiger partial charge in [0.15, 0.2) is 0 Å². The minimum atomic E-state index is 0.486. The van der Waals surface area contributed by atoms with Gasteiger partial charge >= 0.3 is 0 Å². The molecule has 4 heteroatoms. The minimum absolute atomic E-state index is 0.486. The van der Waals surface area contributed by atoms with Crippen LogP contribution in [0.2, 0.25) is 0 Å². The Bertz CT molecular complexity index is 340. The van der Waals surface area contributed by atoms with Gasteiger partial charge in [-0.3, -0.25) is 0 Å². The van der Waals surface area contributed by atoms with Gasteiger partial charge in [-0.2, -0.15) is 0 Å². The van der Waals surface area contributed by atoms with Crippen molar-refractivity contribution in [3.63, 3.8) is 0 Å². The standard InChI is InChI=1S/C12H20ClN3/c1-3-10(4-2)16-12(9-6-5-7-9)11(8-13)14-15-16/h9-10H,3-8H2,1-2H3. The molecule has 0 amide bonds. The van der Waals surface area contributed by atoms with E-state index >= 15 is 0 Å². The molecule has 0 bridgehead atoms. The van der Waals surface area contributed by atoms with Crippen molar-refractivity contribution in [1.29, 1.82) is 0 Å². The summed E-state index contributed by atoms with van der Waals surface area (Å²) in [6.07, 6.45) is 6.11. The van der Waals surface area contributed by atoms with Gasteiger partial charge in [-0.15, -0.1) is 16.7 Å². The maximum Gasteiger partial charge on any atom is 0.101 e. The lowest BCUT2D eigenvalue weighted by Crippen LogP contribution is -2.19. The van der Waals surface area contributed by atoms with Crippen molar-refractivity contribution in [2.75, 3.05) is 0 Å². The van der Waals surface area contributed by atoms with Gasteiger partial charge in [0.2, 0.25) is 0 Å². The van der Waals surface area contributed by atoms with Crippen molar-refractivity contribution in [3.8, 4) is 0 Å². The molecule has 2 rings (SSSR count). The average molecular weight is 242 g/mol. The van der Waals surface area contributed by atoms with Crippen LogP contribution in [0.4, 0.5) is 0 Å². The number of halogens is 1. The van der Waals surface area contributed by atoms with E-state index in [1.807, 2.05) is 0 Å². The zero-order chi connectivity index (χ0) is 11.5. The van der Waals surface area contributed by atoms with E-state index in [1.54, 1.807) is 0 Å². The summed E-state index contributed by atoms with van der Waals surface area (Å²) >= 11 is 5.95. The maximum absolute atomic E-state index is 5.95. The number of hydrogen-bond acceptors (Lipinski definition) is 2. The Morgan fingerprint density at radius 2 is 2.06 bits per heavy atom. The summed E-state index contributed by atoms with van der Waals surface area (Å²) in [5, 5.41) is 8.55. The predicted octanol–water partition coefficient (Wildman–Crippen LogP) is 3.65. The first-order valence-corrected chi connectivity index (χ1v) is 6.85. The molecular weight excluding hydrogens is 222 g/mol. The molecule has 1 aliphatic rings. The molecule has 0 atom stereocenters. The molecule has 0 radical (unpaired) electrons. The smallest absolute Gasteiger partial charge is 0.101 e. The monoisotopic (exact) mass is 241 g/mol. The van der Waals surface area contributed by atoms with Crippen LogP contribution < -0.4 is 0 Å². The lowest BCUT2D eigenvalue weighted by molar-refractivity contribution is 0.346. The Labute approximate surface area is 102 Å². The molecule has 1 heterocycles. The molecule has 0 unspecified atom stereocenters. The van der Waals surface area contributed by atoms with Crippen LogP contribution >= 0.6 is 11.6 Å². The second-order valence-electron chi connectivity index (χ2n) is 4.60. The summed E-state index contributed by atoms with van der Waals surface area (Å²) in [7, 11) is 0. The predicted molar refractivity (Wildman–Crippen MR) is 65.8 cm³/mol. The quantitative estimate of drug-likeness (QED) is 0.737. The van der Waals surface area contributed by atoms with Crippen LogP contribution in [-0.2, 0) is 5.88 Å². The topological polar surface area (TPSA) is 30.7 Å². The molecule has 0 N–H and O–H groups in total. The number of aromatic nitrogens is 3. The van der Waals surface area contributed by atoms with E-state index < -0.39 is 0 Å². The Kier molecular flexibility index (Phi) is 3.85. The first kappa shape index (κ1) is 11.9. The zero-order valence-electron chi connectivity index (χ0n) is 10.1. The largest absolute Gasteiger partial charge is 0.246 e. The second kappa shape index (κ2) is 5.17. The SMILES string of the molecule is CCC(CC)n1nnc(CCl)c1C1CCC1. The van der Waals surface area contributed by atoms with Gasteiger partial charge in [-0.1, -0.05) is 25.5 Å². The molecule has 1 aromatic heterocycles. The molecule has 16 heavy (non-hydrogen) atoms. The highest BCUT2D eigenvalue weighted by molar-refractivity contribution is 6.16. The summed E-state index contributed by atoms with van der Waals surface area (Å²) < 4.78 is 2.14. The molecule has 0 saturated heterocycles. The molecule has 1 aliphatic carbocycles. The first-order valence-electron chi connectivity index (χ1n) is 6.31. The molecular formula is C12H20ClN3. The lowest BCUT2D eigenvalue weighted by atomic mass is 9.82. The Hall–Kier alpha value is -0.570. The van der Waals surface area contributed by atoms with Gasteiger partial charge in [-0.25, -0.2) is 4.68 Å². The molecule has 90 valence electrons. The normalized spacial score (nSPS) is 16.8. The van der Waals surface area contributed by atoms with Crippen molar-refractivity contribution in [3.05, 3.63) is 11.4 Å². The Morgan fingerprint density at radius 1 is 1.38 bits per heavy atom. The number of hydrogen-bond donors (Lipinski definition) is 0. The van der Waals surface area contributed by atoms with Crippen LogP contribution in [0, 0.1) is 0 Å². The molecule has 0 aromatic carbocycles. The summed E-state index contributed by atoms with van der Waals surface area (Å²) in [5.74, 6) is 1.15. The Morgan fingerprint density at radius 3 is 2.50 bits per heavy atom. The lowest BCUT2D eigenvalue weighted by Gasteiger charge is -2.28. The summed E-state index contributed by atoms with van der Waals surface area (Å²) in [6, 6.07) is 0.486. The summed E-state index contributed by atoms with van der Waals surface area (Å²) in [4.78, 5) is 0. The van der Waals surface area contributed by atoms with Crippen molar-refractivity contribution in [2.45, 2.75) is 63.8 Å². The van der Waals surface area contributed by atoms with E-state index in [1.165, 1.54) is 25.0 Å². The Balaban J connectivity index is 2.32. The highest BCUT2D eigenvalue weighted by Crippen LogP contribution is 2.39. The zero-order valence-corrected chi connectivity index (χ0v) is 10.9. The highest BCUT2D eigenvalue weighted by Gasteiger charge is 2.28. The van der Waals surface area contributed by atoms with Crippen molar-refractivity contribution in [2.24, 2.45) is 0 Å². The molecule has 1 fully saturated rings. The van der Waals surface area contributed by atoms with Crippen LogP contribution in [0.5, 0.6) is 0 Å². The van der Waals surface area contributed by atoms with Crippen LogP contribution in [-0.4, -0.2) is 15.0 Å². The third-order valence-corrected chi connectivity index (χ3v) is 3.96. The fourth-order valence-electron chi connectivity index (χ4n) is 2.44. The van der Waals surface area contributed by atoms with E-state index in [-0.39, 0.29) is 0 Å². The third-order valence-electron chi connectivity index (χ3n) is 3.71. The molecule has 0 spiro atoms. The molecule has 3 nitrogen and oxygen atoms in total.